The summed E-state index contributed by atoms with van der Waals surface area (Å²) in [5, 5.41) is 0. The van der Waals surface area contributed by atoms with Gasteiger partial charge in [0.05, 0.1) is 0 Å². The summed E-state index contributed by atoms with van der Waals surface area (Å²) in [5.74, 6) is 2.11. The number of rotatable bonds is 2. The van der Waals surface area contributed by atoms with Crippen molar-refractivity contribution in [2.75, 3.05) is 0 Å². The van der Waals surface area contributed by atoms with Gasteiger partial charge in [-0.3, -0.25) is 9.59 Å². The number of carbonyl (C=O) groups excluding carboxylic acids is 2. The maximum Gasteiger partial charge on any atom is 0.302 e. The maximum atomic E-state index is 12.9. The molecule has 0 spiro atoms. The molecule has 4 unspecified atom stereocenters. The van der Waals surface area contributed by atoms with Crippen molar-refractivity contribution in [1.29, 1.82) is 0 Å². The van der Waals surface area contributed by atoms with E-state index in [9.17, 15) is 9.59 Å². The average molecular weight is 342 g/mol. The van der Waals surface area contributed by atoms with Crippen LogP contribution in [0.2, 0.25) is 0 Å². The van der Waals surface area contributed by atoms with Crippen molar-refractivity contribution in [3.8, 4) is 0 Å². The van der Waals surface area contributed by atoms with Crippen molar-refractivity contribution >= 4 is 11.8 Å². The summed E-state index contributed by atoms with van der Waals surface area (Å²) in [6, 6.07) is 0. The molecule has 0 aromatic rings. The quantitative estimate of drug-likeness (QED) is 0.688. The highest BCUT2D eigenvalue weighted by atomic mass is 16.5. The van der Waals surface area contributed by atoms with Gasteiger partial charge in [0.1, 0.15) is 11.9 Å². The van der Waals surface area contributed by atoms with Crippen LogP contribution in [0.25, 0.3) is 0 Å². The van der Waals surface area contributed by atoms with Crippen molar-refractivity contribution < 1.29 is 14.3 Å². The van der Waals surface area contributed by atoms with Crippen LogP contribution in [0.4, 0.5) is 0 Å². The van der Waals surface area contributed by atoms with Gasteiger partial charge in [-0.2, -0.15) is 0 Å². The topological polar surface area (TPSA) is 43.4 Å². The fourth-order valence-electron chi connectivity index (χ4n) is 6.67. The first-order chi connectivity index (χ1) is 12.0. The molecule has 4 rings (SSSR count). The first kappa shape index (κ1) is 17.1. The predicted octanol–water partition coefficient (Wildman–Crippen LogP) is 4.62. The predicted molar refractivity (Wildman–Crippen MR) is 96.8 cm³/mol. The standard InChI is InChI=1S/C22H30O3/c1-4-22-10-9-17-16-7-5-13(2)11-15(16)6-8-18(17)21(22)19(12-20(22)24)25-14(3)23/h6,11,16-19,21H,4-5,7-10,12H2,1-3H3/t16-,17?,18?,19?,21?,22+/m0/s1. The van der Waals surface area contributed by atoms with Crippen molar-refractivity contribution in [2.24, 2.45) is 29.1 Å². The Morgan fingerprint density at radius 3 is 2.84 bits per heavy atom. The van der Waals surface area contributed by atoms with Gasteiger partial charge in [0.15, 0.2) is 0 Å². The van der Waals surface area contributed by atoms with Crippen LogP contribution in [0, 0.1) is 29.1 Å². The monoisotopic (exact) mass is 342 g/mol. The van der Waals surface area contributed by atoms with Gasteiger partial charge in [-0.15, -0.1) is 0 Å². The lowest BCUT2D eigenvalue weighted by Gasteiger charge is -2.52. The summed E-state index contributed by atoms with van der Waals surface area (Å²) in [5.41, 5.74) is 2.78. The fraction of sp³-hybridized carbons (Fsp3) is 0.727. The molecule has 6 atom stereocenters. The van der Waals surface area contributed by atoms with E-state index in [4.69, 9.17) is 4.74 Å². The maximum absolute atomic E-state index is 12.9. The lowest BCUT2D eigenvalue weighted by atomic mass is 9.52. The molecule has 3 heteroatoms. The molecule has 2 saturated carbocycles. The normalized spacial score (nSPS) is 42.7. The third-order valence-corrected chi connectivity index (χ3v) is 7.70. The molecule has 0 amide bonds. The van der Waals surface area contributed by atoms with Crippen LogP contribution in [0.15, 0.2) is 23.3 Å². The highest BCUT2D eigenvalue weighted by molar-refractivity contribution is 5.89. The third-order valence-electron chi connectivity index (χ3n) is 7.70. The van der Waals surface area contributed by atoms with Crippen LogP contribution in [0.1, 0.15) is 65.7 Å². The highest BCUT2D eigenvalue weighted by Crippen LogP contribution is 2.61. The second kappa shape index (κ2) is 6.10. The second-order valence-corrected chi connectivity index (χ2v) is 8.75. The number of ether oxygens (including phenoxy) is 1. The van der Waals surface area contributed by atoms with Crippen LogP contribution in [-0.4, -0.2) is 17.9 Å². The first-order valence-electron chi connectivity index (χ1n) is 10.0. The average Bonchev–Trinajstić information content (AvgIpc) is 2.86. The molecular formula is C22H30O3. The summed E-state index contributed by atoms with van der Waals surface area (Å²) in [6.07, 6.45) is 11.6. The number of fused-ring (bicyclic) bond motifs is 5. The van der Waals surface area contributed by atoms with Crippen LogP contribution in [0.5, 0.6) is 0 Å². The minimum absolute atomic E-state index is 0.200. The number of Topliss-reactive ketones (excluding diaryl/α,β-unsaturated/α-hetero) is 1. The molecule has 3 nitrogen and oxygen atoms in total. The molecule has 0 aliphatic heterocycles. The molecule has 25 heavy (non-hydrogen) atoms. The molecular weight excluding hydrogens is 312 g/mol. The van der Waals surface area contributed by atoms with Gasteiger partial charge in [0.2, 0.25) is 0 Å². The van der Waals surface area contributed by atoms with Crippen LogP contribution in [0.3, 0.4) is 0 Å². The van der Waals surface area contributed by atoms with E-state index in [1.165, 1.54) is 30.9 Å². The molecule has 0 N–H and O–H groups in total. The lowest BCUT2D eigenvalue weighted by Crippen LogP contribution is -2.49. The number of carbonyl (C=O) groups is 2. The van der Waals surface area contributed by atoms with E-state index < -0.39 is 0 Å². The Balaban J connectivity index is 1.70. The first-order valence-corrected chi connectivity index (χ1v) is 10.0. The molecule has 2 fully saturated rings. The molecule has 4 aliphatic carbocycles. The summed E-state index contributed by atoms with van der Waals surface area (Å²) < 4.78 is 5.69. The molecule has 0 radical (unpaired) electrons. The summed E-state index contributed by atoms with van der Waals surface area (Å²) in [7, 11) is 0. The zero-order valence-electron chi connectivity index (χ0n) is 15.7. The van der Waals surface area contributed by atoms with E-state index in [1.807, 2.05) is 0 Å². The van der Waals surface area contributed by atoms with Crippen molar-refractivity contribution in [3.05, 3.63) is 23.3 Å². The zero-order chi connectivity index (χ0) is 17.8. The number of hydrogen-bond acceptors (Lipinski definition) is 3. The Kier molecular flexibility index (Phi) is 4.16. The largest absolute Gasteiger partial charge is 0.462 e. The summed E-state index contributed by atoms with van der Waals surface area (Å²) >= 11 is 0. The Hall–Kier alpha value is -1.38. The van der Waals surface area contributed by atoms with Crippen molar-refractivity contribution in [3.63, 3.8) is 0 Å². The van der Waals surface area contributed by atoms with Gasteiger partial charge in [0.25, 0.3) is 0 Å². The number of ketones is 1. The zero-order valence-corrected chi connectivity index (χ0v) is 15.7. The van der Waals surface area contributed by atoms with Crippen molar-refractivity contribution in [2.45, 2.75) is 71.8 Å². The lowest BCUT2D eigenvalue weighted by molar-refractivity contribution is -0.154. The number of hydrogen-bond donors (Lipinski definition) is 0. The van der Waals surface area contributed by atoms with Crippen LogP contribution >= 0.6 is 0 Å². The molecule has 4 aliphatic rings. The van der Waals surface area contributed by atoms with Gasteiger partial charge >= 0.3 is 5.97 Å². The molecule has 0 heterocycles. The number of esters is 1. The fourth-order valence-corrected chi connectivity index (χ4v) is 6.67. The minimum atomic E-state index is -0.243. The van der Waals surface area contributed by atoms with E-state index in [0.717, 1.165) is 25.7 Å². The van der Waals surface area contributed by atoms with E-state index in [-0.39, 0.29) is 23.4 Å². The molecule has 0 aromatic carbocycles. The van der Waals surface area contributed by atoms with E-state index in [1.54, 1.807) is 0 Å². The second-order valence-electron chi connectivity index (χ2n) is 8.75. The number of allylic oxidation sites excluding steroid dienone is 4. The minimum Gasteiger partial charge on any atom is -0.462 e. The van der Waals surface area contributed by atoms with E-state index >= 15 is 0 Å². The van der Waals surface area contributed by atoms with E-state index in [0.29, 0.717) is 30.0 Å². The molecule has 0 aromatic heterocycles. The molecule has 136 valence electrons. The molecule has 0 saturated heterocycles. The Morgan fingerprint density at radius 2 is 2.12 bits per heavy atom. The Bertz CT molecular complexity index is 658. The van der Waals surface area contributed by atoms with Crippen LogP contribution < -0.4 is 0 Å². The smallest absolute Gasteiger partial charge is 0.302 e. The Morgan fingerprint density at radius 1 is 1.32 bits per heavy atom. The van der Waals surface area contributed by atoms with E-state index in [2.05, 4.69) is 26.0 Å². The molecule has 0 bridgehead atoms. The summed E-state index contributed by atoms with van der Waals surface area (Å²) in [6.45, 7) is 5.86. The van der Waals surface area contributed by atoms with Gasteiger partial charge in [0, 0.05) is 24.7 Å². The van der Waals surface area contributed by atoms with Gasteiger partial charge in [-0.25, -0.2) is 0 Å². The van der Waals surface area contributed by atoms with Gasteiger partial charge in [-0.1, -0.05) is 24.6 Å². The van der Waals surface area contributed by atoms with Crippen LogP contribution in [-0.2, 0) is 14.3 Å². The van der Waals surface area contributed by atoms with Gasteiger partial charge < -0.3 is 4.74 Å². The Labute approximate surface area is 150 Å². The highest BCUT2D eigenvalue weighted by Gasteiger charge is 2.61. The van der Waals surface area contributed by atoms with Gasteiger partial charge in [-0.05, 0) is 68.8 Å². The van der Waals surface area contributed by atoms with Crippen molar-refractivity contribution in [1.82, 2.24) is 0 Å². The summed E-state index contributed by atoms with van der Waals surface area (Å²) in [4.78, 5) is 24.6. The third kappa shape index (κ3) is 2.53. The SMILES string of the molecule is CC[C@]12CCC3C(CC=C4C=C(C)CC[C@@H]43)C1C(OC(C)=O)CC2=O.